The first-order valence-electron chi connectivity index (χ1n) is 22.6. The lowest BCUT2D eigenvalue weighted by atomic mass is 10.0. The topological polar surface area (TPSA) is 189 Å². The molecule has 0 radical (unpaired) electrons. The van der Waals surface area contributed by atoms with Crippen LogP contribution in [-0.4, -0.2) is 76.0 Å². The quantitative estimate of drug-likeness (QED) is 0.116. The number of aliphatic imine (C=N–C) groups is 2. The molecule has 2 aromatic heterocycles. The lowest BCUT2D eigenvalue weighted by molar-refractivity contribution is -0.138. The van der Waals surface area contributed by atoms with Gasteiger partial charge in [-0.15, -0.1) is 0 Å². The molecule has 74 heavy (non-hydrogen) atoms. The van der Waals surface area contributed by atoms with Gasteiger partial charge in [0.1, 0.15) is 16.6 Å². The number of pyridine rings is 2. The number of aromatic nitrogens is 2. The molecule has 14 nitrogen and oxygen atoms in total. The van der Waals surface area contributed by atoms with Crippen LogP contribution in [-0.2, 0) is 29.9 Å². The molecule has 3 amide bonds. The van der Waals surface area contributed by atoms with E-state index in [1.54, 1.807) is 53.7 Å². The number of nitrogens with zero attached hydrogens (tertiary/aromatic N) is 8. The highest BCUT2D eigenvalue weighted by Gasteiger charge is 2.36. The zero-order chi connectivity index (χ0) is 53.1. The molecule has 2 N–H and O–H groups in total. The van der Waals surface area contributed by atoms with Gasteiger partial charge in [-0.2, -0.15) is 36.9 Å². The van der Waals surface area contributed by atoms with E-state index in [2.05, 4.69) is 30.5 Å². The van der Waals surface area contributed by atoms with E-state index in [0.717, 1.165) is 52.3 Å². The predicted octanol–water partition coefficient (Wildman–Crippen LogP) is 11.5. The Morgan fingerprint density at radius 2 is 1.11 bits per heavy atom. The van der Waals surface area contributed by atoms with Gasteiger partial charge in [-0.3, -0.25) is 19.6 Å². The van der Waals surface area contributed by atoms with E-state index >= 15 is 0 Å². The average Bonchev–Trinajstić information content (AvgIpc) is 4.01. The van der Waals surface area contributed by atoms with Crippen LogP contribution < -0.4 is 15.5 Å². The zero-order valence-electron chi connectivity index (χ0n) is 39.5. The molecule has 0 atom stereocenters. The van der Waals surface area contributed by atoms with Crippen LogP contribution in [0.15, 0.2) is 119 Å². The van der Waals surface area contributed by atoms with E-state index in [-0.39, 0.29) is 28.6 Å². The van der Waals surface area contributed by atoms with E-state index in [1.165, 1.54) is 24.3 Å². The predicted molar refractivity (Wildman–Crippen MR) is 264 cm³/mol. The van der Waals surface area contributed by atoms with Gasteiger partial charge in [0.25, 0.3) is 11.8 Å². The number of hydrogen-bond acceptors (Lipinski definition) is 11. The monoisotopic (exact) mass is 1030 g/mol. The molecule has 4 aromatic carbocycles. The largest absolute Gasteiger partial charge is 0.444 e. The van der Waals surface area contributed by atoms with Crippen LogP contribution in [0.2, 0.25) is 5.15 Å². The Bertz CT molecular complexity index is 3330. The minimum atomic E-state index is -4.74. The molecule has 0 saturated carbocycles. The average molecular weight is 1030 g/mol. The van der Waals surface area contributed by atoms with Gasteiger partial charge in [-0.05, 0) is 105 Å². The Labute approximate surface area is 424 Å². The highest BCUT2D eigenvalue weighted by atomic mass is 35.5. The van der Waals surface area contributed by atoms with Crippen molar-refractivity contribution in [2.24, 2.45) is 9.98 Å². The van der Waals surface area contributed by atoms with Crippen LogP contribution in [0.5, 0.6) is 0 Å². The molecule has 9 rings (SSSR count). The fourth-order valence-electron chi connectivity index (χ4n) is 8.18. The number of carbonyl (C=O) groups is 3. The number of alkyl halides is 6. The van der Waals surface area contributed by atoms with E-state index in [4.69, 9.17) is 31.9 Å². The van der Waals surface area contributed by atoms with Crippen molar-refractivity contribution in [1.82, 2.24) is 14.9 Å². The number of para-hydroxylation sites is 2. The smallest absolute Gasteiger partial charge is 0.417 e. The first-order valence-corrected chi connectivity index (χ1v) is 23.0. The van der Waals surface area contributed by atoms with Crippen molar-refractivity contribution < 1.29 is 45.5 Å². The van der Waals surface area contributed by atoms with E-state index in [1.807, 2.05) is 45.0 Å². The Balaban J connectivity index is 0.000000208. The number of fused-ring (bicyclic) bond motifs is 2. The van der Waals surface area contributed by atoms with Gasteiger partial charge in [0, 0.05) is 73.9 Å². The number of amides is 3. The van der Waals surface area contributed by atoms with E-state index < -0.39 is 52.0 Å². The Morgan fingerprint density at radius 1 is 0.635 bits per heavy atom. The van der Waals surface area contributed by atoms with Gasteiger partial charge in [0.05, 0.1) is 68.3 Å². The summed E-state index contributed by atoms with van der Waals surface area (Å²) < 4.78 is 85.2. The van der Waals surface area contributed by atoms with Gasteiger partial charge < -0.3 is 25.2 Å². The minimum absolute atomic E-state index is 0.0713. The van der Waals surface area contributed by atoms with Crippen molar-refractivity contribution in [1.29, 1.82) is 10.5 Å². The highest BCUT2D eigenvalue weighted by Crippen LogP contribution is 2.38. The number of nitrogens with one attached hydrogen (secondary N) is 2. The van der Waals surface area contributed by atoms with Gasteiger partial charge in [-0.1, -0.05) is 35.9 Å². The fraction of sp³-hybridized carbons (Fsp3) is 0.226. The third-order valence-corrected chi connectivity index (χ3v) is 12.0. The molecule has 21 heteroatoms. The maximum atomic E-state index is 13.4. The summed E-state index contributed by atoms with van der Waals surface area (Å²) in [6.45, 7) is 7.77. The number of piperazine rings is 1. The second-order valence-corrected chi connectivity index (χ2v) is 18.4. The van der Waals surface area contributed by atoms with Crippen molar-refractivity contribution in [3.63, 3.8) is 0 Å². The number of hydrogen-bond donors (Lipinski definition) is 2. The minimum Gasteiger partial charge on any atom is -0.444 e. The SMILES string of the molecule is CC(C)(C)OC(=O)N1CCN(c2ccc(C3=Nc4c(cccc4C(=O)Nc4ccc(C#N)c(C(F)(F)F)c4)C3)cn2)CC1.N#Cc1ccc(NC(=O)c2cccc3c2N=C(c2ccc(Cl)nc2)C3)cc1C(F)(F)F. The number of benzene rings is 4. The number of carbonyl (C=O) groups excluding carboxylic acids is 3. The molecular weight excluding hydrogens is 990 g/mol. The molecule has 0 unspecified atom stereocenters. The molecule has 376 valence electrons. The summed E-state index contributed by atoms with van der Waals surface area (Å²) in [5.41, 5.74) is 1.95. The Kier molecular flexibility index (Phi) is 14.6. The van der Waals surface area contributed by atoms with Crippen LogP contribution in [0.3, 0.4) is 0 Å². The lowest BCUT2D eigenvalue weighted by Crippen LogP contribution is -2.50. The Morgan fingerprint density at radius 3 is 1.51 bits per heavy atom. The van der Waals surface area contributed by atoms with Crippen molar-refractivity contribution in [2.45, 2.75) is 51.6 Å². The Hall–Kier alpha value is -8.62. The fourth-order valence-corrected chi connectivity index (χ4v) is 8.29. The van der Waals surface area contributed by atoms with Crippen LogP contribution in [0, 0.1) is 22.7 Å². The molecule has 1 fully saturated rings. The number of anilines is 3. The van der Waals surface area contributed by atoms with Crippen molar-refractivity contribution in [3.8, 4) is 12.1 Å². The normalized spacial score (nSPS) is 14.0. The van der Waals surface area contributed by atoms with Crippen molar-refractivity contribution >= 4 is 69.5 Å². The zero-order valence-corrected chi connectivity index (χ0v) is 40.2. The van der Waals surface area contributed by atoms with Crippen molar-refractivity contribution in [2.75, 3.05) is 41.7 Å². The first-order chi connectivity index (χ1) is 35.1. The van der Waals surface area contributed by atoms with Crippen molar-refractivity contribution in [3.05, 3.63) is 170 Å². The molecule has 3 aliphatic rings. The molecule has 6 aromatic rings. The maximum absolute atomic E-state index is 13.4. The summed E-state index contributed by atoms with van der Waals surface area (Å²) in [6.07, 6.45) is -5.54. The van der Waals surface area contributed by atoms with Gasteiger partial charge >= 0.3 is 18.4 Å². The summed E-state index contributed by atoms with van der Waals surface area (Å²) >= 11 is 5.82. The van der Waals surface area contributed by atoms with Crippen LogP contribution in [0.25, 0.3) is 0 Å². The number of rotatable bonds is 7. The molecular formula is C53H41ClF6N10O4. The van der Waals surface area contributed by atoms with Crippen LogP contribution >= 0.6 is 11.6 Å². The van der Waals surface area contributed by atoms with Crippen LogP contribution in [0.4, 0.5) is 59.7 Å². The molecule has 0 aliphatic carbocycles. The van der Waals surface area contributed by atoms with Gasteiger partial charge in [0.15, 0.2) is 0 Å². The number of halogens is 7. The highest BCUT2D eigenvalue weighted by molar-refractivity contribution is 6.29. The third kappa shape index (κ3) is 11.8. The number of nitriles is 2. The third-order valence-electron chi connectivity index (χ3n) is 11.7. The molecule has 1 saturated heterocycles. The molecule has 3 aliphatic heterocycles. The summed E-state index contributed by atoms with van der Waals surface area (Å²) in [4.78, 5) is 59.9. The summed E-state index contributed by atoms with van der Waals surface area (Å²) in [5, 5.41) is 23.2. The van der Waals surface area contributed by atoms with E-state index in [9.17, 15) is 40.7 Å². The van der Waals surface area contributed by atoms with Crippen LogP contribution in [0.1, 0.15) is 86.0 Å². The summed E-state index contributed by atoms with van der Waals surface area (Å²) in [6, 6.07) is 26.5. The number of ether oxygens (including phenoxy) is 1. The van der Waals surface area contributed by atoms with E-state index in [0.29, 0.717) is 67.0 Å². The second kappa shape index (κ2) is 20.8. The molecule has 0 spiro atoms. The summed E-state index contributed by atoms with van der Waals surface area (Å²) in [7, 11) is 0. The first kappa shape index (κ1) is 51.7. The maximum Gasteiger partial charge on any atom is 0.417 e. The molecule has 5 heterocycles. The van der Waals surface area contributed by atoms with Gasteiger partial charge in [-0.25, -0.2) is 14.8 Å². The van der Waals surface area contributed by atoms with Gasteiger partial charge in [0.2, 0.25) is 0 Å². The lowest BCUT2D eigenvalue weighted by Gasteiger charge is -2.36. The second-order valence-electron chi connectivity index (χ2n) is 18.0. The molecule has 0 bridgehead atoms. The standard InChI is InChI=1S/C31H29F3N6O3.C22H12ClF3N4O/c1-30(2,3)43-29(42)40-13-11-39(12-14-40)26-10-8-21(18-36-26)25-15-19-5-4-6-23(27(19)38-25)28(41)37-22-9-7-20(17-35)24(16-22)31(32,33)34;23-19-7-5-14(11-28-19)18-8-12-2-1-3-16(20(12)30-18)21(31)29-15-6-4-13(10-27)17(9-15)22(24,25)26/h4-10,16,18H,11-15H2,1-3H3,(H,37,41);1-7,9,11H,8H2,(H,29,31). The summed E-state index contributed by atoms with van der Waals surface area (Å²) in [5.74, 6) is -0.447.